The predicted molar refractivity (Wildman–Crippen MR) is 98.0 cm³/mol. The van der Waals surface area contributed by atoms with Gasteiger partial charge in [-0.2, -0.15) is 0 Å². The summed E-state index contributed by atoms with van der Waals surface area (Å²) >= 11 is 0. The lowest BCUT2D eigenvalue weighted by molar-refractivity contribution is 0.685. The fourth-order valence-corrected chi connectivity index (χ4v) is 3.72. The monoisotopic (exact) mass is 307 g/mol. The van der Waals surface area contributed by atoms with Crippen molar-refractivity contribution in [2.24, 2.45) is 0 Å². The van der Waals surface area contributed by atoms with Gasteiger partial charge in [-0.3, -0.25) is 5.01 Å². The molecule has 1 aliphatic rings. The van der Waals surface area contributed by atoms with E-state index >= 15 is 0 Å². The number of rotatable bonds is 2. The van der Waals surface area contributed by atoms with E-state index in [1.54, 1.807) is 0 Å². The Labute approximate surface area is 139 Å². The Hall–Kier alpha value is -2.26. The number of aryl methyl sites for hydroxylation is 6. The van der Waals surface area contributed by atoms with Crippen LogP contribution in [0.4, 0.5) is 5.69 Å². The van der Waals surface area contributed by atoms with Crippen LogP contribution in [-0.2, 0) is 0 Å². The van der Waals surface area contributed by atoms with Crippen molar-refractivity contribution in [1.82, 2.24) is 11.0 Å². The molecule has 0 bridgehead atoms. The number of nitrogens with one attached hydrogen (secondary N) is 2. The molecule has 0 aliphatic carbocycles. The molecule has 0 aromatic heterocycles. The molecule has 0 fully saturated rings. The van der Waals surface area contributed by atoms with Gasteiger partial charge < -0.3 is 5.43 Å². The first-order valence-electron chi connectivity index (χ1n) is 8.05. The lowest BCUT2D eigenvalue weighted by atomic mass is 9.98. The summed E-state index contributed by atoms with van der Waals surface area (Å²) in [6.45, 7) is 12.9. The maximum atomic E-state index is 3.33. The zero-order valence-corrected chi connectivity index (χ0v) is 14.8. The predicted octanol–water partition coefficient (Wildman–Crippen LogP) is 4.36. The van der Waals surface area contributed by atoms with Crippen molar-refractivity contribution >= 4 is 11.4 Å². The highest BCUT2D eigenvalue weighted by Gasteiger charge is 2.20. The van der Waals surface area contributed by atoms with E-state index in [0.717, 1.165) is 5.70 Å². The second kappa shape index (κ2) is 5.74. The Morgan fingerprint density at radius 1 is 0.696 bits per heavy atom. The highest BCUT2D eigenvalue weighted by atomic mass is 15.7. The molecule has 120 valence electrons. The quantitative estimate of drug-likeness (QED) is 0.863. The minimum absolute atomic E-state index is 1.11. The van der Waals surface area contributed by atoms with Gasteiger partial charge in [0.1, 0.15) is 0 Å². The minimum atomic E-state index is 1.11. The second-order valence-corrected chi connectivity index (χ2v) is 6.67. The van der Waals surface area contributed by atoms with Crippen molar-refractivity contribution in [3.8, 4) is 0 Å². The van der Waals surface area contributed by atoms with E-state index in [0.29, 0.717) is 0 Å². The van der Waals surface area contributed by atoms with Crippen molar-refractivity contribution in [1.29, 1.82) is 0 Å². The molecule has 2 aromatic carbocycles. The highest BCUT2D eigenvalue weighted by Crippen LogP contribution is 2.30. The highest BCUT2D eigenvalue weighted by molar-refractivity contribution is 5.75. The zero-order chi connectivity index (χ0) is 16.7. The molecule has 0 atom stereocenters. The molecule has 0 saturated carbocycles. The Bertz CT molecular complexity index is 757. The van der Waals surface area contributed by atoms with Crippen molar-refractivity contribution in [3.63, 3.8) is 0 Å². The van der Waals surface area contributed by atoms with Gasteiger partial charge in [0, 0.05) is 11.8 Å². The summed E-state index contributed by atoms with van der Waals surface area (Å²) in [5.41, 5.74) is 17.9. The van der Waals surface area contributed by atoms with E-state index in [4.69, 9.17) is 0 Å². The van der Waals surface area contributed by atoms with Gasteiger partial charge in [0.15, 0.2) is 0 Å². The number of benzene rings is 2. The first kappa shape index (κ1) is 15.6. The summed E-state index contributed by atoms with van der Waals surface area (Å²) in [5, 5.41) is 2.08. The molecule has 2 aromatic rings. The maximum absolute atomic E-state index is 3.33. The van der Waals surface area contributed by atoms with Gasteiger partial charge in [0.25, 0.3) is 0 Å². The molecule has 3 rings (SSSR count). The number of hydrogen-bond donors (Lipinski definition) is 2. The first-order chi connectivity index (χ1) is 10.9. The normalized spacial score (nSPS) is 14.0. The minimum Gasteiger partial charge on any atom is -0.301 e. The van der Waals surface area contributed by atoms with Crippen LogP contribution in [0.25, 0.3) is 5.70 Å². The van der Waals surface area contributed by atoms with Crippen LogP contribution in [0.3, 0.4) is 0 Å². The molecule has 1 heterocycles. The molecular weight excluding hydrogens is 282 g/mol. The molecule has 2 N–H and O–H groups in total. The molecule has 0 saturated heterocycles. The Balaban J connectivity index is 2.03. The summed E-state index contributed by atoms with van der Waals surface area (Å²) in [5.74, 6) is 0. The van der Waals surface area contributed by atoms with Crippen molar-refractivity contribution in [2.75, 3.05) is 5.01 Å². The average molecular weight is 307 g/mol. The van der Waals surface area contributed by atoms with E-state index in [9.17, 15) is 0 Å². The average Bonchev–Trinajstić information content (AvgIpc) is 2.85. The van der Waals surface area contributed by atoms with Crippen molar-refractivity contribution < 1.29 is 0 Å². The van der Waals surface area contributed by atoms with Crippen LogP contribution in [0.15, 0.2) is 30.5 Å². The third kappa shape index (κ3) is 2.84. The first-order valence-corrected chi connectivity index (χ1v) is 8.05. The number of anilines is 1. The van der Waals surface area contributed by atoms with Crippen molar-refractivity contribution in [3.05, 3.63) is 69.4 Å². The van der Waals surface area contributed by atoms with Gasteiger partial charge in [-0.1, -0.05) is 35.4 Å². The van der Waals surface area contributed by atoms with Crippen LogP contribution in [0.2, 0.25) is 0 Å². The Kier molecular flexibility index (Phi) is 3.90. The molecule has 1 aliphatic heterocycles. The second-order valence-electron chi connectivity index (χ2n) is 6.67. The Morgan fingerprint density at radius 3 is 1.70 bits per heavy atom. The third-order valence-electron chi connectivity index (χ3n) is 4.39. The van der Waals surface area contributed by atoms with E-state index in [-0.39, 0.29) is 0 Å². The van der Waals surface area contributed by atoms with E-state index in [2.05, 4.69) is 88.0 Å². The number of hydrogen-bond acceptors (Lipinski definition) is 3. The SMILES string of the molecule is Cc1cc(C)c(C2=CN(c3c(C)cc(C)cc3C)NN2)c(C)c1. The van der Waals surface area contributed by atoms with E-state index < -0.39 is 0 Å². The molecular formula is C20H25N3. The van der Waals surface area contributed by atoms with Crippen LogP contribution >= 0.6 is 0 Å². The summed E-state index contributed by atoms with van der Waals surface area (Å²) < 4.78 is 0. The topological polar surface area (TPSA) is 27.3 Å². The Morgan fingerprint density at radius 2 is 1.17 bits per heavy atom. The molecule has 0 unspecified atom stereocenters. The number of nitrogens with zero attached hydrogens (tertiary/aromatic N) is 1. The van der Waals surface area contributed by atoms with Gasteiger partial charge in [-0.15, -0.1) is 5.53 Å². The van der Waals surface area contributed by atoms with Gasteiger partial charge >= 0.3 is 0 Å². The van der Waals surface area contributed by atoms with E-state index in [1.807, 2.05) is 0 Å². The molecule has 23 heavy (non-hydrogen) atoms. The summed E-state index contributed by atoms with van der Waals surface area (Å²) in [6.07, 6.45) is 2.15. The van der Waals surface area contributed by atoms with Crippen molar-refractivity contribution in [2.45, 2.75) is 41.5 Å². The summed E-state index contributed by atoms with van der Waals surface area (Å²) in [7, 11) is 0. The third-order valence-corrected chi connectivity index (χ3v) is 4.39. The lowest BCUT2D eigenvalue weighted by Crippen LogP contribution is -2.37. The van der Waals surface area contributed by atoms with Crippen LogP contribution in [0, 0.1) is 41.5 Å². The molecule has 0 radical (unpaired) electrons. The van der Waals surface area contributed by atoms with Crippen LogP contribution in [-0.4, -0.2) is 0 Å². The molecule has 3 nitrogen and oxygen atoms in total. The number of hydrazine groups is 2. The van der Waals surface area contributed by atoms with Gasteiger partial charge in [0.2, 0.25) is 0 Å². The van der Waals surface area contributed by atoms with Gasteiger partial charge in [-0.05, 0) is 63.8 Å². The van der Waals surface area contributed by atoms with Crippen LogP contribution < -0.4 is 16.0 Å². The molecule has 3 heteroatoms. The van der Waals surface area contributed by atoms with E-state index in [1.165, 1.54) is 44.6 Å². The summed E-state index contributed by atoms with van der Waals surface area (Å²) in [6, 6.07) is 8.90. The largest absolute Gasteiger partial charge is 0.301 e. The van der Waals surface area contributed by atoms with Crippen LogP contribution in [0.5, 0.6) is 0 Å². The van der Waals surface area contributed by atoms with Crippen LogP contribution in [0.1, 0.15) is 38.9 Å². The summed E-state index contributed by atoms with van der Waals surface area (Å²) in [4.78, 5) is 0. The van der Waals surface area contributed by atoms with Gasteiger partial charge in [0.05, 0.1) is 11.4 Å². The maximum Gasteiger partial charge on any atom is 0.0761 e. The fourth-order valence-electron chi connectivity index (χ4n) is 3.72. The fraction of sp³-hybridized carbons (Fsp3) is 0.300. The standard InChI is InChI=1S/C20H25N3/c1-12-7-14(3)19(15(4)8-12)18-11-23(22-21-18)20-16(5)9-13(2)10-17(20)6/h7-11,21-22H,1-6H3. The lowest BCUT2D eigenvalue weighted by Gasteiger charge is -2.20. The smallest absolute Gasteiger partial charge is 0.0761 e. The zero-order valence-electron chi connectivity index (χ0n) is 14.8. The van der Waals surface area contributed by atoms with Gasteiger partial charge in [-0.25, -0.2) is 0 Å². The molecule has 0 amide bonds. The molecule has 0 spiro atoms.